The van der Waals surface area contributed by atoms with Crippen molar-refractivity contribution < 1.29 is 24.2 Å². The second kappa shape index (κ2) is 7.63. The number of anilines is 1. The summed E-state index contributed by atoms with van der Waals surface area (Å²) < 4.78 is 10.7. The maximum absolute atomic E-state index is 12.2. The van der Waals surface area contributed by atoms with Gasteiger partial charge in [-0.25, -0.2) is 9.59 Å². The normalized spacial score (nSPS) is 20.7. The molecule has 2 N–H and O–H groups in total. The van der Waals surface area contributed by atoms with Crippen LogP contribution in [-0.2, 0) is 4.74 Å². The molecule has 0 aliphatic carbocycles. The van der Waals surface area contributed by atoms with Crippen LogP contribution < -0.4 is 10.1 Å². The molecule has 0 aromatic heterocycles. The maximum atomic E-state index is 12.2. The number of nitrogens with zero attached hydrogens (tertiary/aromatic N) is 1. The van der Waals surface area contributed by atoms with E-state index in [9.17, 15) is 14.7 Å². The fraction of sp³-hybridized carbons (Fsp3) is 0.556. The molecule has 2 rings (SSSR count). The first-order chi connectivity index (χ1) is 11.7. The summed E-state index contributed by atoms with van der Waals surface area (Å²) in [6.07, 6.45) is -0.856. The molecule has 25 heavy (non-hydrogen) atoms. The molecule has 2 unspecified atom stereocenters. The number of amides is 2. The lowest BCUT2D eigenvalue weighted by atomic mass is 9.80. The van der Waals surface area contributed by atoms with Crippen molar-refractivity contribution in [1.82, 2.24) is 4.90 Å². The Bertz CT molecular complexity index is 626. The largest absolute Gasteiger partial charge is 0.495 e. The number of carboxylic acid groups (broad SMARTS) is 1. The van der Waals surface area contributed by atoms with Crippen molar-refractivity contribution in [1.29, 1.82) is 0 Å². The second-order valence-electron chi connectivity index (χ2n) is 7.23. The zero-order valence-electron chi connectivity index (χ0n) is 15.1. The van der Waals surface area contributed by atoms with Gasteiger partial charge in [0.25, 0.3) is 0 Å². The van der Waals surface area contributed by atoms with Crippen molar-refractivity contribution >= 4 is 17.9 Å². The first-order valence-corrected chi connectivity index (χ1v) is 8.32. The number of piperidine rings is 1. The smallest absolute Gasteiger partial charge is 0.412 e. The summed E-state index contributed by atoms with van der Waals surface area (Å²) in [5.41, 5.74) is 0.296. The van der Waals surface area contributed by atoms with Gasteiger partial charge in [0.2, 0.25) is 0 Å². The minimum atomic E-state index is -0.933. The first-order valence-electron chi connectivity index (χ1n) is 8.32. The maximum Gasteiger partial charge on any atom is 0.412 e. The van der Waals surface area contributed by atoms with Crippen LogP contribution in [0.4, 0.5) is 15.3 Å². The Labute approximate surface area is 147 Å². The van der Waals surface area contributed by atoms with Gasteiger partial charge in [-0.1, -0.05) is 32.9 Å². The van der Waals surface area contributed by atoms with Gasteiger partial charge in [-0.3, -0.25) is 5.32 Å². The third kappa shape index (κ3) is 4.78. The average Bonchev–Trinajstić information content (AvgIpc) is 2.54. The molecular weight excluding hydrogens is 324 g/mol. The zero-order chi connectivity index (χ0) is 18.6. The molecule has 0 saturated carbocycles. The van der Waals surface area contributed by atoms with E-state index in [0.717, 1.165) is 0 Å². The van der Waals surface area contributed by atoms with Gasteiger partial charge in [0, 0.05) is 25.4 Å². The molecule has 7 nitrogen and oxygen atoms in total. The van der Waals surface area contributed by atoms with Crippen LogP contribution in [0.25, 0.3) is 0 Å². The van der Waals surface area contributed by atoms with E-state index in [0.29, 0.717) is 30.8 Å². The van der Waals surface area contributed by atoms with Gasteiger partial charge in [0.15, 0.2) is 0 Å². The van der Waals surface area contributed by atoms with Gasteiger partial charge >= 0.3 is 12.2 Å². The molecule has 1 saturated heterocycles. The summed E-state index contributed by atoms with van der Waals surface area (Å²) in [5, 5.41) is 12.1. The number of rotatable bonds is 3. The van der Waals surface area contributed by atoms with Gasteiger partial charge in [0.05, 0.1) is 12.8 Å². The third-order valence-electron chi connectivity index (χ3n) is 4.42. The number of likely N-dealkylation sites (tertiary alicyclic amines) is 1. The molecule has 1 fully saturated rings. The highest BCUT2D eigenvalue weighted by Gasteiger charge is 2.39. The molecule has 0 radical (unpaired) electrons. The highest BCUT2D eigenvalue weighted by molar-refractivity contribution is 5.86. The monoisotopic (exact) mass is 350 g/mol. The van der Waals surface area contributed by atoms with Gasteiger partial charge < -0.3 is 19.5 Å². The molecule has 0 spiro atoms. The summed E-state index contributed by atoms with van der Waals surface area (Å²) >= 11 is 0. The molecular formula is C18H26N2O5. The fourth-order valence-electron chi connectivity index (χ4n) is 3.13. The van der Waals surface area contributed by atoms with Crippen molar-refractivity contribution in [3.8, 4) is 5.75 Å². The van der Waals surface area contributed by atoms with Crippen LogP contribution in [0.3, 0.4) is 0 Å². The molecule has 7 heteroatoms. The third-order valence-corrected chi connectivity index (χ3v) is 4.42. The Morgan fingerprint density at radius 3 is 2.56 bits per heavy atom. The number of carbonyl (C=O) groups excluding carboxylic acids is 1. The molecule has 1 aliphatic heterocycles. The van der Waals surface area contributed by atoms with Crippen molar-refractivity contribution in [2.75, 3.05) is 19.0 Å². The minimum absolute atomic E-state index is 0.206. The number of ether oxygens (including phenoxy) is 2. The van der Waals surface area contributed by atoms with E-state index in [-0.39, 0.29) is 17.6 Å². The van der Waals surface area contributed by atoms with Crippen molar-refractivity contribution in [3.63, 3.8) is 0 Å². The fourth-order valence-corrected chi connectivity index (χ4v) is 3.13. The Morgan fingerprint density at radius 2 is 1.96 bits per heavy atom. The van der Waals surface area contributed by atoms with Gasteiger partial charge in [-0.05, 0) is 17.5 Å². The molecule has 2 atom stereocenters. The predicted octanol–water partition coefficient (Wildman–Crippen LogP) is 3.80. The van der Waals surface area contributed by atoms with E-state index in [2.05, 4.69) is 5.32 Å². The standard InChI is InChI=1S/C18H26N2O5/c1-18(2,3)15-11-12(9-10-20(15)17(22)23)25-16(21)19-13-7-5-6-8-14(13)24-4/h5-8,12,15H,9-11H2,1-4H3,(H,19,21)(H,22,23). The van der Waals surface area contributed by atoms with Crippen LogP contribution >= 0.6 is 0 Å². The van der Waals surface area contributed by atoms with Gasteiger partial charge in [-0.15, -0.1) is 0 Å². The lowest BCUT2D eigenvalue weighted by Crippen LogP contribution is -2.53. The zero-order valence-corrected chi connectivity index (χ0v) is 15.1. The predicted molar refractivity (Wildman–Crippen MR) is 94.1 cm³/mol. The molecule has 138 valence electrons. The van der Waals surface area contributed by atoms with E-state index >= 15 is 0 Å². The molecule has 1 aromatic carbocycles. The molecule has 1 aliphatic rings. The Balaban J connectivity index is 2.00. The molecule has 1 aromatic rings. The summed E-state index contributed by atoms with van der Waals surface area (Å²) in [7, 11) is 1.53. The number of carbonyl (C=O) groups is 2. The van der Waals surface area contributed by atoms with Crippen LogP contribution in [0.5, 0.6) is 5.75 Å². The highest BCUT2D eigenvalue weighted by Crippen LogP contribution is 2.33. The summed E-state index contributed by atoms with van der Waals surface area (Å²) in [5.74, 6) is 0.549. The SMILES string of the molecule is COc1ccccc1NC(=O)OC1CCN(C(=O)O)C(C(C)(C)C)C1. The van der Waals surface area contributed by atoms with E-state index in [1.54, 1.807) is 18.2 Å². The van der Waals surface area contributed by atoms with E-state index in [4.69, 9.17) is 9.47 Å². The van der Waals surface area contributed by atoms with Crippen LogP contribution in [0.2, 0.25) is 0 Å². The topological polar surface area (TPSA) is 88.1 Å². The quantitative estimate of drug-likeness (QED) is 0.865. The number of benzene rings is 1. The number of hydrogen-bond donors (Lipinski definition) is 2. The first kappa shape index (κ1) is 18.9. The molecule has 2 amide bonds. The van der Waals surface area contributed by atoms with Crippen LogP contribution in [-0.4, -0.2) is 48.0 Å². The molecule has 0 bridgehead atoms. The minimum Gasteiger partial charge on any atom is -0.495 e. The van der Waals surface area contributed by atoms with Crippen molar-refractivity contribution in [2.24, 2.45) is 5.41 Å². The highest BCUT2D eigenvalue weighted by atomic mass is 16.6. The summed E-state index contributed by atoms with van der Waals surface area (Å²) in [6, 6.07) is 6.87. The van der Waals surface area contributed by atoms with Crippen LogP contribution in [0, 0.1) is 5.41 Å². The average molecular weight is 350 g/mol. The number of nitrogens with one attached hydrogen (secondary N) is 1. The van der Waals surface area contributed by atoms with Crippen LogP contribution in [0.15, 0.2) is 24.3 Å². The van der Waals surface area contributed by atoms with Gasteiger partial charge in [0.1, 0.15) is 11.9 Å². The van der Waals surface area contributed by atoms with E-state index < -0.39 is 12.2 Å². The van der Waals surface area contributed by atoms with Crippen LogP contribution in [0.1, 0.15) is 33.6 Å². The number of hydrogen-bond acceptors (Lipinski definition) is 4. The van der Waals surface area contributed by atoms with E-state index in [1.165, 1.54) is 12.0 Å². The van der Waals surface area contributed by atoms with E-state index in [1.807, 2.05) is 26.8 Å². The number of para-hydroxylation sites is 2. The second-order valence-corrected chi connectivity index (χ2v) is 7.23. The summed E-state index contributed by atoms with van der Waals surface area (Å²) in [6.45, 7) is 6.32. The van der Waals surface area contributed by atoms with Crippen molar-refractivity contribution in [3.05, 3.63) is 24.3 Å². The number of methoxy groups -OCH3 is 1. The van der Waals surface area contributed by atoms with Gasteiger partial charge in [-0.2, -0.15) is 0 Å². The summed E-state index contributed by atoms with van der Waals surface area (Å²) in [4.78, 5) is 25.1. The lowest BCUT2D eigenvalue weighted by molar-refractivity contribution is -0.00186. The Kier molecular flexibility index (Phi) is 5.77. The Hall–Kier alpha value is -2.44. The lowest BCUT2D eigenvalue weighted by Gasteiger charge is -2.44. The molecule has 1 heterocycles. The Morgan fingerprint density at radius 1 is 1.28 bits per heavy atom. The van der Waals surface area contributed by atoms with Crippen molar-refractivity contribution in [2.45, 2.75) is 45.8 Å².